The Bertz CT molecular complexity index is 343. The second-order valence-electron chi connectivity index (χ2n) is 5.26. The molecule has 0 bridgehead atoms. The Labute approximate surface area is 119 Å². The van der Waals surface area contributed by atoms with E-state index in [1.165, 1.54) is 7.11 Å². The molecule has 1 unspecified atom stereocenters. The molecule has 0 aromatic carbocycles. The molecular weight excluding hydrogens is 262 g/mol. The number of ether oxygens (including phenoxy) is 1. The number of carbonyl (C=O) groups is 3. The van der Waals surface area contributed by atoms with E-state index in [0.717, 1.165) is 0 Å². The average molecular weight is 287 g/mol. The number of hydrogen-bond donors (Lipinski definition) is 3. The van der Waals surface area contributed by atoms with Crippen molar-refractivity contribution in [3.8, 4) is 0 Å². The predicted molar refractivity (Wildman–Crippen MR) is 75.1 cm³/mol. The van der Waals surface area contributed by atoms with Crippen molar-refractivity contribution in [1.29, 1.82) is 0 Å². The van der Waals surface area contributed by atoms with Gasteiger partial charge in [-0.25, -0.2) is 4.79 Å². The van der Waals surface area contributed by atoms with Gasteiger partial charge in [0.25, 0.3) is 0 Å². The van der Waals surface area contributed by atoms with Crippen LogP contribution < -0.4 is 16.0 Å². The Balaban J connectivity index is 4.23. The summed E-state index contributed by atoms with van der Waals surface area (Å²) in [7, 11) is 1.30. The molecule has 0 radical (unpaired) electrons. The third-order valence-corrected chi connectivity index (χ3v) is 2.37. The number of esters is 1. The van der Waals surface area contributed by atoms with E-state index in [0.29, 0.717) is 6.42 Å². The van der Waals surface area contributed by atoms with Gasteiger partial charge >= 0.3 is 12.0 Å². The molecule has 0 spiro atoms. The molecule has 0 heterocycles. The van der Waals surface area contributed by atoms with Crippen LogP contribution >= 0.6 is 0 Å². The summed E-state index contributed by atoms with van der Waals surface area (Å²) < 4.78 is 4.67. The van der Waals surface area contributed by atoms with Gasteiger partial charge < -0.3 is 10.1 Å². The largest absolute Gasteiger partial charge is 0.468 e. The van der Waals surface area contributed by atoms with Gasteiger partial charge in [-0.1, -0.05) is 13.8 Å². The lowest BCUT2D eigenvalue weighted by Gasteiger charge is -2.18. The van der Waals surface area contributed by atoms with Crippen molar-refractivity contribution in [2.24, 2.45) is 5.92 Å². The first-order valence-corrected chi connectivity index (χ1v) is 6.67. The van der Waals surface area contributed by atoms with Gasteiger partial charge in [-0.3, -0.25) is 20.2 Å². The van der Waals surface area contributed by atoms with Crippen LogP contribution in [0.15, 0.2) is 0 Å². The first-order chi connectivity index (χ1) is 9.26. The SMILES string of the molecule is COC(=O)C(CC(C)C)NCC(=O)NC(=O)NC(C)C. The number of hydrogen-bond acceptors (Lipinski definition) is 5. The first kappa shape index (κ1) is 18.4. The highest BCUT2D eigenvalue weighted by molar-refractivity contribution is 5.95. The zero-order valence-corrected chi connectivity index (χ0v) is 12.8. The molecule has 1 atom stereocenters. The third kappa shape index (κ3) is 8.47. The lowest BCUT2D eigenvalue weighted by atomic mass is 10.0. The van der Waals surface area contributed by atoms with Crippen LogP contribution in [0, 0.1) is 5.92 Å². The molecule has 0 aliphatic heterocycles. The maximum Gasteiger partial charge on any atom is 0.322 e. The minimum Gasteiger partial charge on any atom is -0.468 e. The van der Waals surface area contributed by atoms with Gasteiger partial charge in [0, 0.05) is 6.04 Å². The molecule has 20 heavy (non-hydrogen) atoms. The summed E-state index contributed by atoms with van der Waals surface area (Å²) in [4.78, 5) is 34.4. The van der Waals surface area contributed by atoms with E-state index in [4.69, 9.17) is 0 Å². The van der Waals surface area contributed by atoms with Gasteiger partial charge in [-0.15, -0.1) is 0 Å². The van der Waals surface area contributed by atoms with Crippen LogP contribution in [0.3, 0.4) is 0 Å². The van der Waals surface area contributed by atoms with Gasteiger partial charge in [-0.05, 0) is 26.2 Å². The summed E-state index contributed by atoms with van der Waals surface area (Å²) in [5, 5.41) is 7.50. The molecule has 0 aliphatic carbocycles. The number of rotatable bonds is 7. The minimum atomic E-state index is -0.557. The number of carbonyl (C=O) groups excluding carboxylic acids is 3. The molecule has 0 aromatic rings. The third-order valence-electron chi connectivity index (χ3n) is 2.37. The maximum absolute atomic E-state index is 11.5. The highest BCUT2D eigenvalue weighted by Gasteiger charge is 2.21. The topological polar surface area (TPSA) is 96.5 Å². The minimum absolute atomic E-state index is 0.0560. The van der Waals surface area contributed by atoms with E-state index in [1.807, 2.05) is 13.8 Å². The molecule has 0 rings (SSSR count). The van der Waals surface area contributed by atoms with Crippen molar-refractivity contribution in [2.45, 2.75) is 46.2 Å². The number of amides is 3. The van der Waals surface area contributed by atoms with Gasteiger partial charge in [0.2, 0.25) is 5.91 Å². The van der Waals surface area contributed by atoms with Crippen molar-refractivity contribution in [1.82, 2.24) is 16.0 Å². The van der Waals surface area contributed by atoms with Crippen LogP contribution in [-0.2, 0) is 14.3 Å². The van der Waals surface area contributed by atoms with Gasteiger partial charge in [-0.2, -0.15) is 0 Å². The number of methoxy groups -OCH3 is 1. The average Bonchev–Trinajstić information content (AvgIpc) is 2.31. The van der Waals surface area contributed by atoms with Crippen molar-refractivity contribution in [3.05, 3.63) is 0 Å². The van der Waals surface area contributed by atoms with E-state index in [2.05, 4.69) is 20.7 Å². The highest BCUT2D eigenvalue weighted by Crippen LogP contribution is 2.05. The van der Waals surface area contributed by atoms with Crippen LogP contribution in [0.2, 0.25) is 0 Å². The molecule has 3 amide bonds. The van der Waals surface area contributed by atoms with E-state index >= 15 is 0 Å². The van der Waals surface area contributed by atoms with E-state index < -0.39 is 23.9 Å². The Hall–Kier alpha value is -1.63. The maximum atomic E-state index is 11.5. The molecular formula is C13H25N3O4. The van der Waals surface area contributed by atoms with Gasteiger partial charge in [0.15, 0.2) is 0 Å². The van der Waals surface area contributed by atoms with Gasteiger partial charge in [0.1, 0.15) is 6.04 Å². The van der Waals surface area contributed by atoms with Crippen molar-refractivity contribution in [3.63, 3.8) is 0 Å². The highest BCUT2D eigenvalue weighted by atomic mass is 16.5. The Kier molecular flexibility index (Phi) is 8.54. The summed E-state index contributed by atoms with van der Waals surface area (Å²) in [6.07, 6.45) is 0.554. The first-order valence-electron chi connectivity index (χ1n) is 6.67. The number of urea groups is 1. The second kappa shape index (κ2) is 9.30. The molecule has 116 valence electrons. The van der Waals surface area contributed by atoms with Crippen LogP contribution in [0.4, 0.5) is 4.79 Å². The van der Waals surface area contributed by atoms with E-state index in [1.54, 1.807) is 13.8 Å². The fraction of sp³-hybridized carbons (Fsp3) is 0.769. The van der Waals surface area contributed by atoms with Crippen molar-refractivity contribution < 1.29 is 19.1 Å². The molecule has 0 saturated carbocycles. The molecule has 0 saturated heterocycles. The van der Waals surface area contributed by atoms with Crippen LogP contribution in [0.5, 0.6) is 0 Å². The molecule has 3 N–H and O–H groups in total. The van der Waals surface area contributed by atoms with Crippen molar-refractivity contribution in [2.75, 3.05) is 13.7 Å². The summed E-state index contributed by atoms with van der Waals surface area (Å²) in [5.74, 6) is -0.641. The lowest BCUT2D eigenvalue weighted by Crippen LogP contribution is -2.48. The van der Waals surface area contributed by atoms with Crippen molar-refractivity contribution >= 4 is 17.9 Å². The second-order valence-corrected chi connectivity index (χ2v) is 5.26. The molecule has 7 heteroatoms. The van der Waals surface area contributed by atoms with E-state index in [9.17, 15) is 14.4 Å². The Morgan fingerprint density at radius 2 is 1.70 bits per heavy atom. The molecule has 0 aliphatic rings. The van der Waals surface area contributed by atoms with Crippen LogP contribution in [-0.4, -0.2) is 43.6 Å². The number of nitrogens with one attached hydrogen (secondary N) is 3. The predicted octanol–water partition coefficient (Wildman–Crippen LogP) is 0.398. The lowest BCUT2D eigenvalue weighted by molar-refractivity contribution is -0.143. The standard InChI is InChI=1S/C13H25N3O4/c1-8(2)6-10(12(18)20-5)14-7-11(17)16-13(19)15-9(3)4/h8-10,14H,6-7H2,1-5H3,(H2,15,16,17,19). The summed E-state index contributed by atoms with van der Waals surface area (Å²) in [5.41, 5.74) is 0. The smallest absolute Gasteiger partial charge is 0.322 e. The fourth-order valence-corrected chi connectivity index (χ4v) is 1.56. The monoisotopic (exact) mass is 287 g/mol. The quantitative estimate of drug-likeness (QED) is 0.589. The van der Waals surface area contributed by atoms with Crippen LogP contribution in [0.1, 0.15) is 34.1 Å². The summed E-state index contributed by atoms with van der Waals surface area (Å²) >= 11 is 0. The normalized spacial score (nSPS) is 12.2. The Morgan fingerprint density at radius 1 is 1.10 bits per heavy atom. The van der Waals surface area contributed by atoms with E-state index in [-0.39, 0.29) is 18.5 Å². The number of imide groups is 1. The summed E-state index contributed by atoms with van der Waals surface area (Å²) in [6.45, 7) is 7.38. The Morgan fingerprint density at radius 3 is 2.15 bits per heavy atom. The zero-order chi connectivity index (χ0) is 15.7. The van der Waals surface area contributed by atoms with Crippen LogP contribution in [0.25, 0.3) is 0 Å². The summed E-state index contributed by atoms with van der Waals surface area (Å²) in [6, 6.07) is -1.16. The molecule has 0 aromatic heterocycles. The molecule has 7 nitrogen and oxygen atoms in total. The molecule has 0 fully saturated rings. The van der Waals surface area contributed by atoms with Gasteiger partial charge in [0.05, 0.1) is 13.7 Å². The fourth-order valence-electron chi connectivity index (χ4n) is 1.56. The zero-order valence-electron chi connectivity index (χ0n) is 12.8.